The number of carbonyl (C=O) groups is 1. The normalized spacial score (nSPS) is 30.9. The summed E-state index contributed by atoms with van der Waals surface area (Å²) >= 11 is 0. The lowest BCUT2D eigenvalue weighted by Crippen LogP contribution is -2.49. The number of ether oxygens (including phenoxy) is 2. The molecule has 1 aromatic rings. The number of rotatable bonds is 8. The molecule has 0 aromatic carbocycles. The quantitative estimate of drug-likeness (QED) is 0.295. The highest BCUT2D eigenvalue weighted by molar-refractivity contribution is 7.36. The van der Waals surface area contributed by atoms with Crippen molar-refractivity contribution in [2.45, 2.75) is 63.6 Å². The molecule has 12 nitrogen and oxygen atoms in total. The average molecular weight is 452 g/mol. The zero-order chi connectivity index (χ0) is 22.9. The lowest BCUT2D eigenvalue weighted by molar-refractivity contribution is -0.202. The van der Waals surface area contributed by atoms with Crippen LogP contribution in [-0.4, -0.2) is 62.0 Å². The second-order valence-corrected chi connectivity index (χ2v) is 8.51. The van der Waals surface area contributed by atoms with E-state index in [4.69, 9.17) is 19.7 Å². The van der Waals surface area contributed by atoms with Crippen molar-refractivity contribution in [1.29, 1.82) is 0 Å². The smallest absolute Gasteiger partial charge is 0.351 e. The number of nitrogens with one attached hydrogen (secondary N) is 1. The van der Waals surface area contributed by atoms with Crippen LogP contribution >= 0.6 is 8.18 Å². The molecule has 1 fully saturated rings. The van der Waals surface area contributed by atoms with Crippen LogP contribution in [0.5, 0.6) is 0 Å². The van der Waals surface area contributed by atoms with Crippen molar-refractivity contribution >= 4 is 20.0 Å². The van der Waals surface area contributed by atoms with Crippen LogP contribution in [0.3, 0.4) is 0 Å². The summed E-state index contributed by atoms with van der Waals surface area (Å²) in [5, 5.41) is 23.1. The molecule has 0 bridgehead atoms. The van der Waals surface area contributed by atoms with Crippen molar-refractivity contribution in [3.05, 3.63) is 22.7 Å². The number of alkyl halides is 1. The Balaban J connectivity index is 2.08. The number of nitrogens with zero attached hydrogens (tertiary/aromatic N) is 2. The maximum absolute atomic E-state index is 15.2. The third-order valence-electron chi connectivity index (χ3n) is 4.31. The lowest BCUT2D eigenvalue weighted by Gasteiger charge is -2.27. The minimum atomic E-state index is -3.16. The van der Waals surface area contributed by atoms with E-state index in [0.29, 0.717) is 0 Å². The molecule has 6 atom stereocenters. The van der Waals surface area contributed by atoms with Crippen LogP contribution in [-0.2, 0) is 23.4 Å². The van der Waals surface area contributed by atoms with Crippen LogP contribution in [0, 0.1) is 0 Å². The number of halogens is 1. The van der Waals surface area contributed by atoms with Gasteiger partial charge in [-0.15, -0.1) is 0 Å². The second-order valence-electron chi connectivity index (χ2n) is 7.35. The highest BCUT2D eigenvalue weighted by Crippen LogP contribution is 2.45. The van der Waals surface area contributed by atoms with E-state index in [-0.39, 0.29) is 11.9 Å². The SMILES string of the molecule is CC(C)OC(=O)[C@H](C)N[PH](=O)OC[C@@]1(F)O[C@@H](n2ccc(N)nc2=O)[C@](C)(O)[C@@H]1O. The maximum Gasteiger partial charge on any atom is 0.351 e. The van der Waals surface area contributed by atoms with Gasteiger partial charge >= 0.3 is 11.7 Å². The van der Waals surface area contributed by atoms with Crippen LogP contribution < -0.4 is 16.5 Å². The Kier molecular flexibility index (Phi) is 7.38. The number of nitrogens with two attached hydrogens (primary N) is 1. The van der Waals surface area contributed by atoms with Crippen molar-refractivity contribution in [1.82, 2.24) is 14.6 Å². The number of nitrogen functional groups attached to an aromatic ring is 1. The molecule has 1 saturated heterocycles. The summed E-state index contributed by atoms with van der Waals surface area (Å²) < 4.78 is 42.9. The largest absolute Gasteiger partial charge is 0.462 e. The Labute approximate surface area is 172 Å². The number of aliphatic hydroxyl groups excluding tert-OH is 1. The highest BCUT2D eigenvalue weighted by atomic mass is 31.1. The molecule has 1 aliphatic rings. The van der Waals surface area contributed by atoms with Gasteiger partial charge in [0, 0.05) is 6.20 Å². The van der Waals surface area contributed by atoms with Gasteiger partial charge in [-0.25, -0.2) is 14.3 Å². The van der Waals surface area contributed by atoms with Gasteiger partial charge in [0.2, 0.25) is 0 Å². The van der Waals surface area contributed by atoms with Crippen molar-refractivity contribution in [3.63, 3.8) is 0 Å². The number of aliphatic hydroxyl groups is 2. The van der Waals surface area contributed by atoms with Crippen molar-refractivity contribution in [2.75, 3.05) is 12.3 Å². The molecule has 0 radical (unpaired) electrons. The molecule has 2 rings (SSSR count). The molecule has 2 heterocycles. The molecule has 5 N–H and O–H groups in total. The number of hydrogen-bond donors (Lipinski definition) is 4. The predicted molar refractivity (Wildman–Crippen MR) is 102 cm³/mol. The average Bonchev–Trinajstić information content (AvgIpc) is 2.80. The fraction of sp³-hybridized carbons (Fsp3) is 0.688. The van der Waals surface area contributed by atoms with Gasteiger partial charge in [-0.2, -0.15) is 4.98 Å². The fourth-order valence-corrected chi connectivity index (χ4v) is 3.65. The predicted octanol–water partition coefficient (Wildman–Crippen LogP) is -0.532. The molecule has 170 valence electrons. The monoisotopic (exact) mass is 452 g/mol. The molecular formula is C16H26FN4O8P. The van der Waals surface area contributed by atoms with Crippen LogP contribution in [0.25, 0.3) is 0 Å². The van der Waals surface area contributed by atoms with Crippen LogP contribution in [0.2, 0.25) is 0 Å². The number of esters is 1. The Bertz CT molecular complexity index is 866. The zero-order valence-electron chi connectivity index (χ0n) is 16.9. The first-order valence-electron chi connectivity index (χ1n) is 9.03. The Morgan fingerprint density at radius 3 is 2.73 bits per heavy atom. The molecule has 1 unspecified atom stereocenters. The summed E-state index contributed by atoms with van der Waals surface area (Å²) in [4.78, 5) is 27.2. The third kappa shape index (κ3) is 5.23. The van der Waals surface area contributed by atoms with Crippen molar-refractivity contribution < 1.29 is 38.0 Å². The van der Waals surface area contributed by atoms with Gasteiger partial charge in [-0.3, -0.25) is 13.9 Å². The minimum Gasteiger partial charge on any atom is -0.462 e. The first-order chi connectivity index (χ1) is 13.8. The topological polar surface area (TPSA) is 175 Å². The molecule has 14 heteroatoms. The number of anilines is 1. The van der Waals surface area contributed by atoms with Gasteiger partial charge in [0.05, 0.1) is 6.10 Å². The van der Waals surface area contributed by atoms with Crippen LogP contribution in [0.1, 0.15) is 33.9 Å². The van der Waals surface area contributed by atoms with Gasteiger partial charge in [0.25, 0.3) is 14.0 Å². The molecule has 0 saturated carbocycles. The van der Waals surface area contributed by atoms with E-state index in [1.165, 1.54) is 13.0 Å². The molecule has 0 spiro atoms. The summed E-state index contributed by atoms with van der Waals surface area (Å²) in [7, 11) is -3.16. The summed E-state index contributed by atoms with van der Waals surface area (Å²) in [5.41, 5.74) is 2.19. The summed E-state index contributed by atoms with van der Waals surface area (Å²) in [6, 6.07) is 0.224. The molecule has 1 aromatic heterocycles. The van der Waals surface area contributed by atoms with E-state index in [9.17, 15) is 24.4 Å². The maximum atomic E-state index is 15.2. The Morgan fingerprint density at radius 1 is 1.53 bits per heavy atom. The van der Waals surface area contributed by atoms with Gasteiger partial charge in [-0.1, -0.05) is 0 Å². The van der Waals surface area contributed by atoms with Gasteiger partial charge < -0.3 is 29.9 Å². The van der Waals surface area contributed by atoms with Crippen LogP contribution in [0.15, 0.2) is 17.1 Å². The molecule has 1 aliphatic heterocycles. The number of carbonyl (C=O) groups excluding carboxylic acids is 1. The van der Waals surface area contributed by atoms with Gasteiger partial charge in [0.1, 0.15) is 30.2 Å². The minimum absolute atomic E-state index is 0.0981. The van der Waals surface area contributed by atoms with Gasteiger partial charge in [0.15, 0.2) is 6.23 Å². The number of aromatic nitrogens is 2. The van der Waals surface area contributed by atoms with E-state index in [1.54, 1.807) is 13.8 Å². The summed E-state index contributed by atoms with van der Waals surface area (Å²) in [5.74, 6) is -3.80. The first-order valence-corrected chi connectivity index (χ1v) is 10.3. The molecule has 0 aliphatic carbocycles. The van der Waals surface area contributed by atoms with E-state index in [0.717, 1.165) is 17.7 Å². The van der Waals surface area contributed by atoms with Crippen molar-refractivity contribution in [3.8, 4) is 0 Å². The number of hydrogen-bond acceptors (Lipinski definition) is 10. The lowest BCUT2D eigenvalue weighted by atomic mass is 9.95. The third-order valence-corrected chi connectivity index (χ3v) is 5.39. The summed E-state index contributed by atoms with van der Waals surface area (Å²) in [6.45, 7) is 4.65. The zero-order valence-corrected chi connectivity index (χ0v) is 17.9. The van der Waals surface area contributed by atoms with E-state index < -0.39 is 56.3 Å². The summed E-state index contributed by atoms with van der Waals surface area (Å²) in [6.07, 6.45) is -3.10. The molecular weight excluding hydrogens is 426 g/mol. The van der Waals surface area contributed by atoms with Crippen LogP contribution in [0.4, 0.5) is 10.2 Å². The van der Waals surface area contributed by atoms with E-state index in [1.807, 2.05) is 0 Å². The molecule has 30 heavy (non-hydrogen) atoms. The standard InChI is InChI=1S/C16H26FN4O8P/c1-8(2)28-11(22)9(3)20-30(26)27-7-16(17)12(23)15(4,25)13(29-16)21-6-5-10(18)19-14(21)24/h5-6,8-9,12-13,23,25,30H,7H2,1-4H3,(H,20,26)(H2,18,19,24)/t9-,12-,13+,15+,16+/m0/s1. The van der Waals surface area contributed by atoms with E-state index in [2.05, 4.69) is 10.1 Å². The van der Waals surface area contributed by atoms with Crippen molar-refractivity contribution in [2.24, 2.45) is 0 Å². The van der Waals surface area contributed by atoms with Gasteiger partial charge in [-0.05, 0) is 33.8 Å². The highest BCUT2D eigenvalue weighted by Gasteiger charge is 2.63. The second kappa shape index (κ2) is 9.08. The van der Waals surface area contributed by atoms with E-state index >= 15 is 4.39 Å². The Hall–Kier alpha value is -1.89. The Morgan fingerprint density at radius 2 is 2.17 bits per heavy atom. The first kappa shape index (κ1) is 24.4. The fourth-order valence-electron chi connectivity index (χ4n) is 2.77. The molecule has 0 amide bonds.